The molecule has 8 nitrogen and oxygen atoms in total. The van der Waals surface area contributed by atoms with Crippen LogP contribution in [0.4, 0.5) is 5.69 Å². The first kappa shape index (κ1) is 19.7. The molecule has 2 aromatic rings. The van der Waals surface area contributed by atoms with Crippen molar-refractivity contribution in [1.29, 1.82) is 0 Å². The summed E-state index contributed by atoms with van der Waals surface area (Å²) in [4.78, 5) is 8.53. The summed E-state index contributed by atoms with van der Waals surface area (Å²) >= 11 is 0. The minimum absolute atomic E-state index is 0.157. The highest BCUT2D eigenvalue weighted by atomic mass is 16.5. The molecule has 160 valence electrons. The summed E-state index contributed by atoms with van der Waals surface area (Å²) in [5.74, 6) is 1.32. The Balaban J connectivity index is 1.46. The van der Waals surface area contributed by atoms with E-state index in [0.717, 1.165) is 69.1 Å². The van der Waals surface area contributed by atoms with E-state index in [9.17, 15) is 0 Å². The first-order valence-corrected chi connectivity index (χ1v) is 10.8. The smallest absolute Gasteiger partial charge is 0.181 e. The van der Waals surface area contributed by atoms with Gasteiger partial charge in [0.25, 0.3) is 0 Å². The van der Waals surface area contributed by atoms with Crippen molar-refractivity contribution < 1.29 is 9.15 Å². The molecule has 1 fully saturated rings. The molecular weight excluding hydrogens is 380 g/mol. The lowest BCUT2D eigenvalue weighted by atomic mass is 9.95. The fraction of sp³-hybridized carbons (Fsp3) is 0.500. The first-order chi connectivity index (χ1) is 14.7. The maximum atomic E-state index is 6.86. The van der Waals surface area contributed by atoms with Crippen molar-refractivity contribution in [2.45, 2.75) is 31.7 Å². The topological polar surface area (TPSA) is 106 Å². The summed E-state index contributed by atoms with van der Waals surface area (Å²) in [7, 11) is 0. The van der Waals surface area contributed by atoms with Gasteiger partial charge in [-0.25, -0.2) is 4.98 Å². The van der Waals surface area contributed by atoms with Gasteiger partial charge in [0.1, 0.15) is 6.29 Å². The van der Waals surface area contributed by atoms with E-state index in [0.29, 0.717) is 5.92 Å². The molecule has 1 aromatic heterocycles. The van der Waals surface area contributed by atoms with Gasteiger partial charge in [0.05, 0.1) is 12.4 Å². The van der Waals surface area contributed by atoms with Crippen molar-refractivity contribution in [2.24, 2.45) is 17.4 Å². The summed E-state index contributed by atoms with van der Waals surface area (Å²) < 4.78 is 11.0. The molecule has 4 heterocycles. The predicted octanol–water partition coefficient (Wildman–Crippen LogP) is 1.66. The number of nitrogens with zero attached hydrogens (tertiary/aromatic N) is 3. The third-order valence-corrected chi connectivity index (χ3v) is 6.51. The molecule has 3 aliphatic heterocycles. The first-order valence-electron chi connectivity index (χ1n) is 10.8. The molecule has 8 heteroatoms. The fourth-order valence-corrected chi connectivity index (χ4v) is 4.82. The molecule has 5 N–H and O–H groups in total. The number of rotatable bonds is 4. The summed E-state index contributed by atoms with van der Waals surface area (Å²) in [5, 5.41) is 3.48. The number of hydrogen-bond acceptors (Lipinski definition) is 8. The van der Waals surface area contributed by atoms with Gasteiger partial charge in [0.2, 0.25) is 0 Å². The number of nitrogens with two attached hydrogens (primary N) is 2. The van der Waals surface area contributed by atoms with Crippen molar-refractivity contribution in [2.75, 3.05) is 37.7 Å². The highest BCUT2D eigenvalue weighted by molar-refractivity contribution is 5.64. The Kier molecular flexibility index (Phi) is 5.58. The second-order valence-electron chi connectivity index (χ2n) is 8.29. The number of aromatic nitrogens is 1. The predicted molar refractivity (Wildman–Crippen MR) is 115 cm³/mol. The maximum absolute atomic E-state index is 6.86. The van der Waals surface area contributed by atoms with Crippen LogP contribution in [-0.4, -0.2) is 55.2 Å². The lowest BCUT2D eigenvalue weighted by molar-refractivity contribution is 0.0353. The molecule has 0 aliphatic carbocycles. The van der Waals surface area contributed by atoms with E-state index in [1.165, 1.54) is 17.7 Å². The van der Waals surface area contributed by atoms with Crippen LogP contribution in [0.2, 0.25) is 0 Å². The van der Waals surface area contributed by atoms with Crippen LogP contribution in [0.1, 0.15) is 19.3 Å². The lowest BCUT2D eigenvalue weighted by Crippen LogP contribution is -2.66. The van der Waals surface area contributed by atoms with Crippen LogP contribution in [0.5, 0.6) is 0 Å². The quantitative estimate of drug-likeness (QED) is 0.699. The maximum Gasteiger partial charge on any atom is 0.181 e. The zero-order valence-corrected chi connectivity index (χ0v) is 17.2. The summed E-state index contributed by atoms with van der Waals surface area (Å²) in [6, 6.07) is 8.32. The highest BCUT2D eigenvalue weighted by Crippen LogP contribution is 2.35. The average Bonchev–Trinajstić information content (AvgIpc) is 3.33. The van der Waals surface area contributed by atoms with E-state index in [1.54, 1.807) is 6.20 Å². The third-order valence-electron chi connectivity index (χ3n) is 6.51. The second-order valence-corrected chi connectivity index (χ2v) is 8.29. The van der Waals surface area contributed by atoms with Crippen molar-refractivity contribution in [1.82, 2.24) is 15.2 Å². The molecule has 0 amide bonds. The van der Waals surface area contributed by atoms with Crippen LogP contribution in [0.3, 0.4) is 0 Å². The van der Waals surface area contributed by atoms with Crippen LogP contribution in [0, 0.1) is 5.92 Å². The molecule has 5 rings (SSSR count). The van der Waals surface area contributed by atoms with Crippen LogP contribution in [-0.2, 0) is 4.74 Å². The number of nitrogens with one attached hydrogen (secondary N) is 1. The Morgan fingerprint density at radius 3 is 2.67 bits per heavy atom. The third kappa shape index (κ3) is 3.66. The number of benzene rings is 1. The number of ether oxygens (including phenoxy) is 1. The van der Waals surface area contributed by atoms with E-state index in [2.05, 4.69) is 44.4 Å². The minimum atomic E-state index is -0.296. The van der Waals surface area contributed by atoms with Crippen molar-refractivity contribution in [3.05, 3.63) is 48.1 Å². The molecule has 0 spiro atoms. The van der Waals surface area contributed by atoms with Gasteiger partial charge >= 0.3 is 0 Å². The molecule has 0 bridgehead atoms. The van der Waals surface area contributed by atoms with E-state index in [-0.39, 0.29) is 12.5 Å². The van der Waals surface area contributed by atoms with Gasteiger partial charge in [-0.05, 0) is 48.6 Å². The lowest BCUT2D eigenvalue weighted by Gasteiger charge is -2.50. The Hall–Kier alpha value is -2.23. The number of anilines is 1. The Morgan fingerprint density at radius 2 is 1.93 bits per heavy atom. The van der Waals surface area contributed by atoms with E-state index in [1.807, 2.05) is 0 Å². The van der Waals surface area contributed by atoms with E-state index in [4.69, 9.17) is 20.6 Å². The van der Waals surface area contributed by atoms with Crippen molar-refractivity contribution >= 4 is 5.69 Å². The fourth-order valence-electron chi connectivity index (χ4n) is 4.82. The van der Waals surface area contributed by atoms with Crippen LogP contribution >= 0.6 is 0 Å². The molecule has 3 aliphatic rings. The van der Waals surface area contributed by atoms with Gasteiger partial charge in [0.15, 0.2) is 12.2 Å². The monoisotopic (exact) mass is 410 g/mol. The van der Waals surface area contributed by atoms with Crippen LogP contribution in [0.25, 0.3) is 11.3 Å². The molecular formula is C22H30N6O2. The Bertz CT molecular complexity index is 876. The second kappa shape index (κ2) is 8.49. The molecule has 30 heavy (non-hydrogen) atoms. The summed E-state index contributed by atoms with van der Waals surface area (Å²) in [5.41, 5.74) is 18.2. The largest absolute Gasteiger partial charge is 0.444 e. The van der Waals surface area contributed by atoms with Crippen molar-refractivity contribution in [3.8, 4) is 11.3 Å². The van der Waals surface area contributed by atoms with Crippen LogP contribution < -0.4 is 21.7 Å². The number of oxazole rings is 1. The Labute approximate surface area is 176 Å². The van der Waals surface area contributed by atoms with Gasteiger partial charge < -0.3 is 25.1 Å². The van der Waals surface area contributed by atoms with E-state index >= 15 is 0 Å². The highest BCUT2D eigenvalue weighted by Gasteiger charge is 2.39. The minimum Gasteiger partial charge on any atom is -0.444 e. The van der Waals surface area contributed by atoms with Crippen LogP contribution in [0.15, 0.2) is 52.5 Å². The van der Waals surface area contributed by atoms with Gasteiger partial charge in [0, 0.05) is 56.2 Å². The normalized spacial score (nSPS) is 26.1. The zero-order valence-electron chi connectivity index (χ0n) is 17.2. The standard InChI is InChI=1S/C22H30N6O2/c23-21-18-11-25-8-5-19(18)28(22(24)27(21)13-15-6-9-29-10-7-15)17-3-1-16(2-4-17)20-12-26-14-30-20/h1-4,12,14-15,21-22,25H,5-11,13,23-24H2. The summed E-state index contributed by atoms with van der Waals surface area (Å²) in [6.45, 7) is 4.27. The van der Waals surface area contributed by atoms with Gasteiger partial charge in [-0.3, -0.25) is 10.6 Å². The molecule has 0 radical (unpaired) electrons. The molecule has 2 atom stereocenters. The van der Waals surface area contributed by atoms with Gasteiger partial charge in [-0.2, -0.15) is 0 Å². The Morgan fingerprint density at radius 1 is 1.13 bits per heavy atom. The zero-order chi connectivity index (χ0) is 20.5. The molecule has 1 aromatic carbocycles. The van der Waals surface area contributed by atoms with Crippen molar-refractivity contribution in [3.63, 3.8) is 0 Å². The molecule has 1 saturated heterocycles. The molecule has 2 unspecified atom stereocenters. The number of hydrogen-bond donors (Lipinski definition) is 3. The van der Waals surface area contributed by atoms with Gasteiger partial charge in [-0.15, -0.1) is 0 Å². The average molecular weight is 411 g/mol. The van der Waals surface area contributed by atoms with E-state index < -0.39 is 0 Å². The summed E-state index contributed by atoms with van der Waals surface area (Å²) in [6.07, 6.45) is 5.77. The SMILES string of the molecule is NC1C2=C(CCNC2)N(c2ccc(-c3cnco3)cc2)C(N)N1CC1CCOCC1. The van der Waals surface area contributed by atoms with Gasteiger partial charge in [-0.1, -0.05) is 0 Å². The molecule has 0 saturated carbocycles.